The Morgan fingerprint density at radius 2 is 1.81 bits per heavy atom. The maximum atomic E-state index is 5.30. The second-order valence-corrected chi connectivity index (χ2v) is 7.34. The smallest absolute Gasteiger partial charge is 0.240 e. The molecule has 3 rings (SSSR count). The highest BCUT2D eigenvalue weighted by atomic mass is 32.2. The summed E-state index contributed by atoms with van der Waals surface area (Å²) in [4.78, 5) is 12.0. The zero-order valence-corrected chi connectivity index (χ0v) is 16.7. The van der Waals surface area contributed by atoms with Crippen LogP contribution >= 0.6 is 11.9 Å². The third kappa shape index (κ3) is 5.32. The van der Waals surface area contributed by atoms with Gasteiger partial charge in [0.2, 0.25) is 5.88 Å². The summed E-state index contributed by atoms with van der Waals surface area (Å²) in [6.45, 7) is 2.08. The zero-order valence-electron chi connectivity index (χ0n) is 15.9. The molecule has 6 nitrogen and oxygen atoms in total. The van der Waals surface area contributed by atoms with Gasteiger partial charge in [-0.25, -0.2) is 4.98 Å². The average Bonchev–Trinajstić information content (AvgIpc) is 2.68. The van der Waals surface area contributed by atoms with E-state index in [-0.39, 0.29) is 0 Å². The lowest BCUT2D eigenvalue weighted by molar-refractivity contribution is 0.401. The Balaban J connectivity index is 1.63. The Hall–Kier alpha value is -2.35. The van der Waals surface area contributed by atoms with Crippen molar-refractivity contribution in [2.75, 3.05) is 39.6 Å². The van der Waals surface area contributed by atoms with Crippen LogP contribution < -0.4 is 14.8 Å². The number of anilines is 2. The van der Waals surface area contributed by atoms with Crippen molar-refractivity contribution < 1.29 is 4.74 Å². The number of pyridine rings is 2. The van der Waals surface area contributed by atoms with Crippen molar-refractivity contribution in [3.05, 3.63) is 48.8 Å². The third-order valence-corrected chi connectivity index (χ3v) is 4.88. The fraction of sp³-hybridized carbons (Fsp3) is 0.300. The van der Waals surface area contributed by atoms with E-state index < -0.39 is 0 Å². The van der Waals surface area contributed by atoms with Gasteiger partial charge < -0.3 is 15.0 Å². The van der Waals surface area contributed by atoms with Crippen LogP contribution in [0.1, 0.15) is 6.42 Å². The Kier molecular flexibility index (Phi) is 6.86. The molecular weight excluding hydrogens is 358 g/mol. The number of hydrogen-bond acceptors (Lipinski definition) is 7. The molecule has 0 atom stereocenters. The second kappa shape index (κ2) is 9.55. The summed E-state index contributed by atoms with van der Waals surface area (Å²) < 4.78 is 8.71. The van der Waals surface area contributed by atoms with Gasteiger partial charge in [0, 0.05) is 40.6 Å². The molecule has 0 saturated heterocycles. The van der Waals surface area contributed by atoms with Crippen molar-refractivity contribution >= 4 is 34.2 Å². The molecular formula is C20H25N5OS. The molecule has 0 unspecified atom stereocenters. The molecule has 2 aromatic heterocycles. The monoisotopic (exact) mass is 383 g/mol. The predicted octanol–water partition coefficient (Wildman–Crippen LogP) is 3.93. The van der Waals surface area contributed by atoms with Crippen molar-refractivity contribution in [2.24, 2.45) is 0 Å². The quantitative estimate of drug-likeness (QED) is 0.429. The van der Waals surface area contributed by atoms with Crippen LogP contribution in [-0.2, 0) is 0 Å². The molecule has 2 N–H and O–H groups in total. The van der Waals surface area contributed by atoms with E-state index in [0.29, 0.717) is 5.88 Å². The van der Waals surface area contributed by atoms with Crippen LogP contribution in [-0.4, -0.2) is 49.2 Å². The summed E-state index contributed by atoms with van der Waals surface area (Å²) >= 11 is 1.66. The number of rotatable bonds is 9. The fourth-order valence-electron chi connectivity index (χ4n) is 2.68. The van der Waals surface area contributed by atoms with Crippen molar-refractivity contribution in [2.45, 2.75) is 11.3 Å². The highest BCUT2D eigenvalue weighted by molar-refractivity contribution is 7.97. The number of nitrogens with one attached hydrogen (secondary N) is 2. The van der Waals surface area contributed by atoms with Gasteiger partial charge in [0.05, 0.1) is 7.11 Å². The maximum absolute atomic E-state index is 5.30. The maximum Gasteiger partial charge on any atom is 0.240 e. The molecule has 0 aliphatic heterocycles. The molecule has 0 fully saturated rings. The summed E-state index contributed by atoms with van der Waals surface area (Å²) in [5, 5.41) is 4.43. The Labute approximate surface area is 164 Å². The first-order valence-corrected chi connectivity index (χ1v) is 9.68. The van der Waals surface area contributed by atoms with Crippen molar-refractivity contribution in [1.29, 1.82) is 0 Å². The minimum atomic E-state index is 0.531. The molecule has 0 aliphatic carbocycles. The molecule has 0 aliphatic rings. The van der Waals surface area contributed by atoms with Crippen LogP contribution in [0.4, 0.5) is 11.4 Å². The second-order valence-electron chi connectivity index (χ2n) is 6.38. The van der Waals surface area contributed by atoms with Gasteiger partial charge in [-0.05, 0) is 75.4 Å². The molecule has 7 heteroatoms. The Morgan fingerprint density at radius 1 is 1.04 bits per heavy atom. The van der Waals surface area contributed by atoms with Gasteiger partial charge in [0.1, 0.15) is 5.52 Å². The van der Waals surface area contributed by atoms with Crippen LogP contribution in [0.15, 0.2) is 53.7 Å². The summed E-state index contributed by atoms with van der Waals surface area (Å²) in [6.07, 6.45) is 4.62. The molecule has 2 heterocycles. The largest absolute Gasteiger partial charge is 0.479 e. The Bertz CT molecular complexity index is 870. The van der Waals surface area contributed by atoms with E-state index in [1.807, 2.05) is 12.1 Å². The fourth-order valence-corrected chi connectivity index (χ4v) is 3.36. The number of methoxy groups -OCH3 is 1. The standard InChI is InChI=1S/C20H25N5OS/c1-25(2)14-4-11-23-27-16-7-5-15(6-8-16)24-18-10-13-21-19-17(18)9-12-22-20(19)26-3/h5-10,12-13,23H,4,11,14H2,1-3H3,(H,21,24). The summed E-state index contributed by atoms with van der Waals surface area (Å²) in [5.41, 5.74) is 2.75. The predicted molar refractivity (Wildman–Crippen MR) is 113 cm³/mol. The van der Waals surface area contributed by atoms with Gasteiger partial charge >= 0.3 is 0 Å². The van der Waals surface area contributed by atoms with Gasteiger partial charge in [0.25, 0.3) is 0 Å². The normalized spacial score (nSPS) is 11.1. The SMILES string of the molecule is COc1nccc2c(Nc3ccc(SNCCCN(C)C)cc3)ccnc12. The topological polar surface area (TPSA) is 62.3 Å². The number of fused-ring (bicyclic) bond motifs is 1. The van der Waals surface area contributed by atoms with E-state index in [2.05, 4.69) is 63.3 Å². The molecule has 0 spiro atoms. The van der Waals surface area contributed by atoms with Crippen LogP contribution in [0, 0.1) is 0 Å². The van der Waals surface area contributed by atoms with E-state index in [1.165, 1.54) is 4.90 Å². The van der Waals surface area contributed by atoms with E-state index in [9.17, 15) is 0 Å². The minimum Gasteiger partial charge on any atom is -0.479 e. The molecule has 1 aromatic carbocycles. The molecule has 0 bridgehead atoms. The minimum absolute atomic E-state index is 0.531. The number of ether oxygens (including phenoxy) is 1. The first-order chi connectivity index (χ1) is 13.2. The number of benzene rings is 1. The van der Waals surface area contributed by atoms with Crippen molar-refractivity contribution in [3.63, 3.8) is 0 Å². The van der Waals surface area contributed by atoms with E-state index in [1.54, 1.807) is 31.5 Å². The number of nitrogens with zero attached hydrogens (tertiary/aromatic N) is 3. The van der Waals surface area contributed by atoms with Crippen molar-refractivity contribution in [3.8, 4) is 5.88 Å². The zero-order chi connectivity index (χ0) is 19.1. The van der Waals surface area contributed by atoms with Gasteiger partial charge in [0.15, 0.2) is 0 Å². The third-order valence-electron chi connectivity index (χ3n) is 4.03. The van der Waals surface area contributed by atoms with E-state index in [0.717, 1.165) is 41.8 Å². The summed E-state index contributed by atoms with van der Waals surface area (Å²) in [6, 6.07) is 12.3. The number of hydrogen-bond donors (Lipinski definition) is 2. The summed E-state index contributed by atoms with van der Waals surface area (Å²) in [5.74, 6) is 0.531. The lowest BCUT2D eigenvalue weighted by Gasteiger charge is -2.11. The highest BCUT2D eigenvalue weighted by Gasteiger charge is 2.08. The molecule has 27 heavy (non-hydrogen) atoms. The van der Waals surface area contributed by atoms with Crippen LogP contribution in [0.3, 0.4) is 0 Å². The van der Waals surface area contributed by atoms with Crippen molar-refractivity contribution in [1.82, 2.24) is 19.6 Å². The van der Waals surface area contributed by atoms with E-state index >= 15 is 0 Å². The molecule has 0 radical (unpaired) electrons. The van der Waals surface area contributed by atoms with Crippen LogP contribution in [0.25, 0.3) is 10.9 Å². The van der Waals surface area contributed by atoms with Gasteiger partial charge in [-0.15, -0.1) is 0 Å². The average molecular weight is 384 g/mol. The van der Waals surface area contributed by atoms with Crippen LogP contribution in [0.2, 0.25) is 0 Å². The highest BCUT2D eigenvalue weighted by Crippen LogP contribution is 2.29. The lowest BCUT2D eigenvalue weighted by Crippen LogP contribution is -2.17. The van der Waals surface area contributed by atoms with Gasteiger partial charge in [-0.3, -0.25) is 9.71 Å². The summed E-state index contributed by atoms with van der Waals surface area (Å²) in [7, 11) is 5.80. The van der Waals surface area contributed by atoms with E-state index in [4.69, 9.17) is 4.74 Å². The van der Waals surface area contributed by atoms with Gasteiger partial charge in [-0.1, -0.05) is 0 Å². The molecule has 0 saturated carbocycles. The number of aromatic nitrogens is 2. The van der Waals surface area contributed by atoms with Gasteiger partial charge in [-0.2, -0.15) is 0 Å². The Morgan fingerprint density at radius 3 is 2.56 bits per heavy atom. The molecule has 0 amide bonds. The first-order valence-electron chi connectivity index (χ1n) is 8.86. The lowest BCUT2D eigenvalue weighted by atomic mass is 10.2. The first kappa shape index (κ1) is 19.4. The van der Waals surface area contributed by atoms with Crippen LogP contribution in [0.5, 0.6) is 5.88 Å². The molecule has 3 aromatic rings. The molecule has 142 valence electrons.